The lowest BCUT2D eigenvalue weighted by Crippen LogP contribution is -2.13. The number of allylic oxidation sites excluding steroid dienone is 2. The fourth-order valence-corrected chi connectivity index (χ4v) is 6.16. The van der Waals surface area contributed by atoms with E-state index in [2.05, 4.69) is 86.4 Å². The van der Waals surface area contributed by atoms with Crippen LogP contribution >= 0.6 is 0 Å². The summed E-state index contributed by atoms with van der Waals surface area (Å²) in [6.07, 6.45) is 20.1. The Bertz CT molecular complexity index is 972. The number of unbranched alkanes of at least 4 members (excludes halogenated alkanes) is 1. The average Bonchev–Trinajstić information content (AvgIpc) is 2.93. The van der Waals surface area contributed by atoms with Gasteiger partial charge in [-0.3, -0.25) is 0 Å². The summed E-state index contributed by atoms with van der Waals surface area (Å²) < 4.78 is 5.81. The molecule has 2 aromatic rings. The quantitative estimate of drug-likeness (QED) is 0.255. The molecule has 1 nitrogen and oxygen atoms in total. The van der Waals surface area contributed by atoms with E-state index >= 15 is 0 Å². The van der Waals surface area contributed by atoms with Gasteiger partial charge in [0.2, 0.25) is 0 Å². The van der Waals surface area contributed by atoms with Crippen LogP contribution in [0.25, 0.3) is 0 Å². The van der Waals surface area contributed by atoms with Gasteiger partial charge in [-0.1, -0.05) is 75.3 Å². The van der Waals surface area contributed by atoms with Crippen molar-refractivity contribution in [2.45, 2.75) is 103 Å². The third-order valence-corrected chi connectivity index (χ3v) is 8.48. The van der Waals surface area contributed by atoms with Crippen molar-refractivity contribution >= 4 is 0 Å². The summed E-state index contributed by atoms with van der Waals surface area (Å²) in [5, 5.41) is 0. The molecule has 0 spiro atoms. The molecule has 0 atom stereocenters. The molecule has 192 valence electrons. The van der Waals surface area contributed by atoms with Crippen LogP contribution < -0.4 is 4.74 Å². The second kappa shape index (κ2) is 14.3. The first-order chi connectivity index (χ1) is 17.7. The van der Waals surface area contributed by atoms with Crippen LogP contribution in [-0.4, -0.2) is 6.61 Å². The number of ether oxygens (including phenoxy) is 1. The van der Waals surface area contributed by atoms with Gasteiger partial charge in [0.05, 0.1) is 6.61 Å². The van der Waals surface area contributed by atoms with Crippen molar-refractivity contribution in [1.82, 2.24) is 0 Å². The molecule has 0 saturated heterocycles. The van der Waals surface area contributed by atoms with Crippen LogP contribution in [0, 0.1) is 23.7 Å². The van der Waals surface area contributed by atoms with Gasteiger partial charge in [0.25, 0.3) is 0 Å². The number of hydrogen-bond donors (Lipinski definition) is 0. The molecule has 2 fully saturated rings. The molecule has 0 aliphatic heterocycles. The van der Waals surface area contributed by atoms with Crippen LogP contribution in [0.3, 0.4) is 0 Å². The lowest BCUT2D eigenvalue weighted by Gasteiger charge is -2.28. The van der Waals surface area contributed by atoms with E-state index < -0.39 is 0 Å². The Morgan fingerprint density at radius 3 is 1.97 bits per heavy atom. The van der Waals surface area contributed by atoms with E-state index in [4.69, 9.17) is 4.74 Å². The maximum Gasteiger partial charge on any atom is 0.119 e. The largest absolute Gasteiger partial charge is 0.494 e. The first-order valence-corrected chi connectivity index (χ1v) is 14.8. The summed E-state index contributed by atoms with van der Waals surface area (Å²) in [6, 6.07) is 17.9. The SMILES string of the molecule is CCCCOc1ccc(C2CCC(/C=C/C#Cc3ccc(C4CCC(CCC)CC4)cc3)CC2)cc1. The molecular formula is C35H46O. The van der Waals surface area contributed by atoms with Gasteiger partial charge in [-0.15, -0.1) is 0 Å². The Morgan fingerprint density at radius 2 is 1.36 bits per heavy atom. The monoisotopic (exact) mass is 482 g/mol. The van der Waals surface area contributed by atoms with Crippen molar-refractivity contribution in [1.29, 1.82) is 0 Å². The van der Waals surface area contributed by atoms with Crippen LogP contribution in [0.1, 0.15) is 119 Å². The van der Waals surface area contributed by atoms with Crippen molar-refractivity contribution < 1.29 is 4.74 Å². The van der Waals surface area contributed by atoms with Gasteiger partial charge < -0.3 is 4.74 Å². The van der Waals surface area contributed by atoms with Gasteiger partial charge in [-0.05, 0) is 123 Å². The minimum atomic E-state index is 0.664. The number of rotatable bonds is 9. The van der Waals surface area contributed by atoms with Gasteiger partial charge in [-0.25, -0.2) is 0 Å². The molecule has 0 unspecified atom stereocenters. The van der Waals surface area contributed by atoms with Crippen LogP contribution in [0.2, 0.25) is 0 Å². The maximum atomic E-state index is 5.81. The molecule has 0 N–H and O–H groups in total. The van der Waals surface area contributed by atoms with Crippen molar-refractivity contribution in [3.8, 4) is 17.6 Å². The van der Waals surface area contributed by atoms with E-state index in [9.17, 15) is 0 Å². The molecule has 0 heterocycles. The standard InChI is InChI=1S/C35H46O/c1-3-5-27-36-35-25-23-34(24-26-35)33-21-15-30(16-22-33)10-7-6-9-29-13-19-32(20-14-29)31-17-11-28(8-4-2)12-18-31/h7,10,13-14,19-20,23-26,28,30-31,33H,3-5,8,11-12,15-18,21-22,27H2,1-2H3/b10-7+. The van der Waals surface area contributed by atoms with E-state index in [0.717, 1.165) is 36.2 Å². The molecule has 2 saturated carbocycles. The van der Waals surface area contributed by atoms with E-state index in [1.54, 1.807) is 0 Å². The smallest absolute Gasteiger partial charge is 0.119 e. The summed E-state index contributed by atoms with van der Waals surface area (Å²) in [7, 11) is 0. The highest BCUT2D eigenvalue weighted by atomic mass is 16.5. The van der Waals surface area contributed by atoms with Crippen molar-refractivity contribution in [2.24, 2.45) is 11.8 Å². The van der Waals surface area contributed by atoms with E-state index in [-0.39, 0.29) is 0 Å². The molecular weight excluding hydrogens is 436 g/mol. The lowest BCUT2D eigenvalue weighted by molar-refractivity contribution is 0.308. The molecule has 1 heteroatoms. The molecule has 2 aliphatic rings. The summed E-state index contributed by atoms with van der Waals surface area (Å²) in [6.45, 7) is 5.33. The van der Waals surface area contributed by atoms with Crippen molar-refractivity contribution in [3.63, 3.8) is 0 Å². The van der Waals surface area contributed by atoms with Crippen LogP contribution in [0.5, 0.6) is 5.75 Å². The van der Waals surface area contributed by atoms with Crippen LogP contribution in [0.4, 0.5) is 0 Å². The summed E-state index contributed by atoms with van der Waals surface area (Å²) >= 11 is 0. The topological polar surface area (TPSA) is 9.23 Å². The average molecular weight is 483 g/mol. The minimum Gasteiger partial charge on any atom is -0.494 e. The third kappa shape index (κ3) is 8.03. The lowest BCUT2D eigenvalue weighted by atomic mass is 9.77. The Hall–Kier alpha value is -2.46. The molecule has 2 aliphatic carbocycles. The Kier molecular flexibility index (Phi) is 10.6. The first kappa shape index (κ1) is 26.6. The van der Waals surface area contributed by atoms with E-state index in [1.165, 1.54) is 81.8 Å². The zero-order valence-electron chi connectivity index (χ0n) is 22.7. The van der Waals surface area contributed by atoms with Gasteiger partial charge in [0, 0.05) is 5.56 Å². The zero-order chi connectivity index (χ0) is 25.0. The van der Waals surface area contributed by atoms with E-state index in [0.29, 0.717) is 11.8 Å². The second-order valence-corrected chi connectivity index (χ2v) is 11.1. The normalized spacial score (nSPS) is 24.3. The predicted octanol–water partition coefficient (Wildman–Crippen LogP) is 9.82. The van der Waals surface area contributed by atoms with Crippen molar-refractivity contribution in [2.75, 3.05) is 6.61 Å². The molecule has 4 rings (SSSR count). The summed E-state index contributed by atoms with van der Waals surface area (Å²) in [4.78, 5) is 0. The van der Waals surface area contributed by atoms with Gasteiger partial charge in [0.15, 0.2) is 0 Å². The Morgan fingerprint density at radius 1 is 0.750 bits per heavy atom. The summed E-state index contributed by atoms with van der Waals surface area (Å²) in [5.41, 5.74) is 4.12. The van der Waals surface area contributed by atoms with Crippen LogP contribution in [-0.2, 0) is 0 Å². The molecule has 36 heavy (non-hydrogen) atoms. The highest BCUT2D eigenvalue weighted by Crippen LogP contribution is 2.38. The highest BCUT2D eigenvalue weighted by molar-refractivity contribution is 5.39. The van der Waals surface area contributed by atoms with Gasteiger partial charge in [0.1, 0.15) is 5.75 Å². The van der Waals surface area contributed by atoms with Gasteiger partial charge in [-0.2, -0.15) is 0 Å². The van der Waals surface area contributed by atoms with E-state index in [1.807, 2.05) is 0 Å². The molecule has 0 aromatic heterocycles. The third-order valence-electron chi connectivity index (χ3n) is 8.48. The van der Waals surface area contributed by atoms with Crippen LogP contribution in [0.15, 0.2) is 60.7 Å². The minimum absolute atomic E-state index is 0.664. The fourth-order valence-electron chi connectivity index (χ4n) is 6.16. The number of benzene rings is 2. The molecule has 2 aromatic carbocycles. The number of hydrogen-bond acceptors (Lipinski definition) is 1. The highest BCUT2D eigenvalue weighted by Gasteiger charge is 2.22. The zero-order valence-corrected chi connectivity index (χ0v) is 22.7. The van der Waals surface area contributed by atoms with Crippen molar-refractivity contribution in [3.05, 3.63) is 77.4 Å². The Balaban J connectivity index is 1.19. The predicted molar refractivity (Wildman–Crippen MR) is 154 cm³/mol. The summed E-state index contributed by atoms with van der Waals surface area (Å²) in [5.74, 6) is 10.7. The molecule has 0 radical (unpaired) electrons. The van der Waals surface area contributed by atoms with Gasteiger partial charge >= 0.3 is 0 Å². The Labute approximate surface area is 220 Å². The molecule has 0 amide bonds. The maximum absolute atomic E-state index is 5.81. The second-order valence-electron chi connectivity index (χ2n) is 11.1. The molecule has 0 bridgehead atoms. The first-order valence-electron chi connectivity index (χ1n) is 14.8. The fraction of sp³-hybridized carbons (Fsp3) is 0.543.